The number of carboxylic acids is 1. The average Bonchev–Trinajstić information content (AvgIpc) is 1.85. The molecular weight excluding hydrogens is 152 g/mol. The summed E-state index contributed by atoms with van der Waals surface area (Å²) in [6.07, 6.45) is -0.171. The van der Waals surface area contributed by atoms with Crippen molar-refractivity contribution in [1.82, 2.24) is 10.6 Å². The lowest BCUT2D eigenvalue weighted by Crippen LogP contribution is -2.53. The Morgan fingerprint density at radius 2 is 2.27 bits per heavy atom. The lowest BCUT2D eigenvalue weighted by Gasteiger charge is -2.23. The van der Waals surface area contributed by atoms with Crippen molar-refractivity contribution < 1.29 is 20.1 Å². The van der Waals surface area contributed by atoms with Crippen LogP contribution < -0.4 is 10.6 Å². The summed E-state index contributed by atoms with van der Waals surface area (Å²) in [6, 6.07) is -1.05. The van der Waals surface area contributed by atoms with Gasteiger partial charge in [0.1, 0.15) is 6.04 Å². The van der Waals surface area contributed by atoms with E-state index >= 15 is 0 Å². The fourth-order valence-electron chi connectivity index (χ4n) is 0.748. The maximum absolute atomic E-state index is 10.3. The van der Waals surface area contributed by atoms with Crippen LogP contribution >= 0.6 is 0 Å². The van der Waals surface area contributed by atoms with Crippen molar-refractivity contribution >= 4 is 5.97 Å². The molecule has 0 amide bonds. The standard InChI is InChI=1S/C5H8N2O4/c8-3-1-2(4(9)10)6-5(11)7-3/h1-2,5-8,11H,(H,9,10). The first-order valence-electron chi connectivity index (χ1n) is 2.94. The minimum Gasteiger partial charge on any atom is -0.495 e. The molecule has 62 valence electrons. The monoisotopic (exact) mass is 160 g/mol. The molecule has 5 N–H and O–H groups in total. The van der Waals surface area contributed by atoms with Crippen LogP contribution in [-0.4, -0.2) is 33.7 Å². The number of carboxylic acid groups (broad SMARTS) is 1. The van der Waals surface area contributed by atoms with Crippen molar-refractivity contribution in [3.05, 3.63) is 12.0 Å². The lowest BCUT2D eigenvalue weighted by atomic mass is 10.2. The summed E-state index contributed by atoms with van der Waals surface area (Å²) >= 11 is 0. The molecular formula is C5H8N2O4. The Kier molecular flexibility index (Phi) is 1.97. The first-order chi connectivity index (χ1) is 5.09. The van der Waals surface area contributed by atoms with Crippen LogP contribution in [0.1, 0.15) is 0 Å². The molecule has 0 bridgehead atoms. The van der Waals surface area contributed by atoms with E-state index in [9.17, 15) is 4.79 Å². The van der Waals surface area contributed by atoms with Gasteiger partial charge in [-0.05, 0) is 0 Å². The number of aliphatic hydroxyl groups excluding tert-OH is 2. The number of aliphatic hydroxyl groups is 2. The Labute approximate surface area is 62.1 Å². The van der Waals surface area contributed by atoms with Gasteiger partial charge in [0.25, 0.3) is 0 Å². The third kappa shape index (κ3) is 1.82. The highest BCUT2D eigenvalue weighted by Gasteiger charge is 2.23. The van der Waals surface area contributed by atoms with E-state index in [1.807, 2.05) is 0 Å². The molecule has 6 heteroatoms. The number of hydrogen-bond acceptors (Lipinski definition) is 5. The first-order valence-corrected chi connectivity index (χ1v) is 2.94. The van der Waals surface area contributed by atoms with Gasteiger partial charge in [-0.15, -0.1) is 0 Å². The zero-order valence-corrected chi connectivity index (χ0v) is 5.48. The molecule has 0 aromatic carbocycles. The Hall–Kier alpha value is -1.27. The quantitative estimate of drug-likeness (QED) is 0.313. The highest BCUT2D eigenvalue weighted by atomic mass is 16.4. The summed E-state index contributed by atoms with van der Waals surface area (Å²) in [6.45, 7) is 0. The number of aliphatic carboxylic acids is 1. The number of carbonyl (C=O) groups is 1. The zero-order chi connectivity index (χ0) is 8.43. The van der Waals surface area contributed by atoms with E-state index in [2.05, 4.69) is 10.6 Å². The molecule has 1 rings (SSSR count). The molecule has 11 heavy (non-hydrogen) atoms. The van der Waals surface area contributed by atoms with E-state index < -0.39 is 18.4 Å². The third-order valence-electron chi connectivity index (χ3n) is 1.21. The van der Waals surface area contributed by atoms with Gasteiger partial charge in [-0.2, -0.15) is 0 Å². The SMILES string of the molecule is O=C(O)C1C=C(O)NC(O)N1. The van der Waals surface area contributed by atoms with Crippen molar-refractivity contribution in [3.8, 4) is 0 Å². The van der Waals surface area contributed by atoms with Gasteiger partial charge in [0.15, 0.2) is 12.2 Å². The van der Waals surface area contributed by atoms with Crippen molar-refractivity contribution in [3.63, 3.8) is 0 Å². The van der Waals surface area contributed by atoms with Crippen LogP contribution in [0.25, 0.3) is 0 Å². The van der Waals surface area contributed by atoms with Crippen molar-refractivity contribution in [2.45, 2.75) is 12.4 Å². The number of hydrogen-bond donors (Lipinski definition) is 5. The van der Waals surface area contributed by atoms with Crippen molar-refractivity contribution in [2.75, 3.05) is 0 Å². The van der Waals surface area contributed by atoms with E-state index in [0.717, 1.165) is 6.08 Å². The van der Waals surface area contributed by atoms with Crippen LogP contribution in [0.3, 0.4) is 0 Å². The smallest absolute Gasteiger partial charge is 0.325 e. The predicted molar refractivity (Wildman–Crippen MR) is 34.4 cm³/mol. The van der Waals surface area contributed by atoms with Crippen LogP contribution in [0.5, 0.6) is 0 Å². The van der Waals surface area contributed by atoms with E-state index in [4.69, 9.17) is 15.3 Å². The normalized spacial score (nSPS) is 30.5. The fourth-order valence-corrected chi connectivity index (χ4v) is 0.748. The van der Waals surface area contributed by atoms with Gasteiger partial charge in [0.05, 0.1) is 0 Å². The molecule has 1 aliphatic rings. The molecule has 1 heterocycles. The van der Waals surface area contributed by atoms with E-state index in [1.54, 1.807) is 0 Å². The molecule has 1 aliphatic heterocycles. The van der Waals surface area contributed by atoms with Gasteiger partial charge >= 0.3 is 5.97 Å². The molecule has 0 fully saturated rings. The Morgan fingerprint density at radius 1 is 1.64 bits per heavy atom. The first kappa shape index (κ1) is 7.83. The number of rotatable bonds is 1. The zero-order valence-electron chi connectivity index (χ0n) is 5.48. The number of nitrogens with one attached hydrogen (secondary N) is 2. The Bertz CT molecular complexity index is 203. The molecule has 0 aromatic rings. The van der Waals surface area contributed by atoms with E-state index in [1.165, 1.54) is 0 Å². The Balaban J connectivity index is 2.69. The third-order valence-corrected chi connectivity index (χ3v) is 1.21. The summed E-state index contributed by atoms with van der Waals surface area (Å²) < 4.78 is 0. The molecule has 2 unspecified atom stereocenters. The second-order valence-electron chi connectivity index (χ2n) is 2.08. The largest absolute Gasteiger partial charge is 0.495 e. The van der Waals surface area contributed by atoms with Crippen LogP contribution in [0.4, 0.5) is 0 Å². The summed E-state index contributed by atoms with van der Waals surface area (Å²) in [5, 5.41) is 30.4. The molecule has 0 aromatic heterocycles. The molecule has 2 atom stereocenters. The predicted octanol–water partition coefficient (Wildman–Crippen LogP) is -1.69. The molecule has 0 saturated carbocycles. The van der Waals surface area contributed by atoms with Crippen LogP contribution in [0, 0.1) is 0 Å². The van der Waals surface area contributed by atoms with Gasteiger partial charge in [-0.25, -0.2) is 0 Å². The molecule has 0 radical (unpaired) electrons. The van der Waals surface area contributed by atoms with Gasteiger partial charge in [0, 0.05) is 6.08 Å². The molecule has 0 aliphatic carbocycles. The van der Waals surface area contributed by atoms with E-state index in [-0.39, 0.29) is 5.88 Å². The molecule has 0 spiro atoms. The molecule has 6 nitrogen and oxygen atoms in total. The van der Waals surface area contributed by atoms with Gasteiger partial charge in [-0.3, -0.25) is 10.1 Å². The summed E-state index contributed by atoms with van der Waals surface area (Å²) in [5.41, 5.74) is 0. The summed E-state index contributed by atoms with van der Waals surface area (Å²) in [7, 11) is 0. The second-order valence-corrected chi connectivity index (χ2v) is 2.08. The molecule has 0 saturated heterocycles. The van der Waals surface area contributed by atoms with Crippen molar-refractivity contribution in [1.29, 1.82) is 0 Å². The van der Waals surface area contributed by atoms with Gasteiger partial charge in [-0.1, -0.05) is 0 Å². The van der Waals surface area contributed by atoms with Crippen molar-refractivity contribution in [2.24, 2.45) is 0 Å². The summed E-state index contributed by atoms with van der Waals surface area (Å²) in [5.74, 6) is -1.50. The fraction of sp³-hybridized carbons (Fsp3) is 0.400. The van der Waals surface area contributed by atoms with Gasteiger partial charge < -0.3 is 20.6 Å². The highest BCUT2D eigenvalue weighted by molar-refractivity contribution is 5.76. The van der Waals surface area contributed by atoms with Crippen LogP contribution in [-0.2, 0) is 4.79 Å². The van der Waals surface area contributed by atoms with Crippen LogP contribution in [0.15, 0.2) is 12.0 Å². The summed E-state index contributed by atoms with van der Waals surface area (Å²) in [4.78, 5) is 10.3. The highest BCUT2D eigenvalue weighted by Crippen LogP contribution is 1.98. The Morgan fingerprint density at radius 3 is 2.73 bits per heavy atom. The lowest BCUT2D eigenvalue weighted by molar-refractivity contribution is -0.139. The van der Waals surface area contributed by atoms with Gasteiger partial charge in [0.2, 0.25) is 0 Å². The van der Waals surface area contributed by atoms with Crippen LogP contribution in [0.2, 0.25) is 0 Å². The topological polar surface area (TPSA) is 102 Å². The minimum atomic E-state index is -1.22. The maximum atomic E-state index is 10.3. The second kappa shape index (κ2) is 2.77. The maximum Gasteiger partial charge on any atom is 0.325 e. The van der Waals surface area contributed by atoms with E-state index in [0.29, 0.717) is 0 Å². The minimum absolute atomic E-state index is 0.344. The average molecular weight is 160 g/mol.